The van der Waals surface area contributed by atoms with Crippen molar-refractivity contribution < 1.29 is 31.9 Å². The Morgan fingerprint density at radius 1 is 1.09 bits per heavy atom. The van der Waals surface area contributed by atoms with Crippen molar-refractivity contribution in [3.63, 3.8) is 0 Å². The Morgan fingerprint density at radius 2 is 1.71 bits per heavy atom. The number of aryl methyl sites for hydroxylation is 1. The van der Waals surface area contributed by atoms with Crippen molar-refractivity contribution in [1.29, 1.82) is 0 Å². The molecular formula is C23H26N2O8S. The number of benzene rings is 2. The van der Waals surface area contributed by atoms with Crippen LogP contribution >= 0.6 is 0 Å². The van der Waals surface area contributed by atoms with E-state index >= 15 is 0 Å². The third kappa shape index (κ3) is 6.10. The number of esters is 1. The summed E-state index contributed by atoms with van der Waals surface area (Å²) in [5, 5.41) is 11.0. The topological polar surface area (TPSA) is 133 Å². The van der Waals surface area contributed by atoms with Crippen molar-refractivity contribution in [2.75, 3.05) is 19.7 Å². The fraction of sp³-hybridized carbons (Fsp3) is 0.391. The van der Waals surface area contributed by atoms with Crippen LogP contribution in [0, 0.1) is 28.9 Å². The van der Waals surface area contributed by atoms with Crippen molar-refractivity contribution in [2.24, 2.45) is 11.8 Å². The van der Waals surface area contributed by atoms with Gasteiger partial charge in [0.15, 0.2) is 6.61 Å². The maximum absolute atomic E-state index is 12.6. The number of non-ortho nitro benzene ring substituents is 1. The first-order valence-corrected chi connectivity index (χ1v) is 12.1. The molecule has 0 bridgehead atoms. The van der Waals surface area contributed by atoms with Crippen LogP contribution in [0.3, 0.4) is 0 Å². The van der Waals surface area contributed by atoms with E-state index in [2.05, 4.69) is 13.8 Å². The predicted octanol–water partition coefficient (Wildman–Crippen LogP) is 3.33. The Labute approximate surface area is 197 Å². The number of carbonyl (C=O) groups excluding carboxylic acids is 2. The van der Waals surface area contributed by atoms with Crippen molar-refractivity contribution in [1.82, 2.24) is 4.90 Å². The first-order valence-electron chi connectivity index (χ1n) is 10.7. The molecule has 0 saturated carbocycles. The molecule has 1 saturated heterocycles. The Kier molecular flexibility index (Phi) is 7.55. The van der Waals surface area contributed by atoms with Crippen LogP contribution in [0.25, 0.3) is 0 Å². The molecule has 11 heteroatoms. The smallest absolute Gasteiger partial charge is 0.339 e. The van der Waals surface area contributed by atoms with Crippen LogP contribution in [0.5, 0.6) is 5.75 Å². The van der Waals surface area contributed by atoms with Gasteiger partial charge >= 0.3 is 16.1 Å². The van der Waals surface area contributed by atoms with Crippen molar-refractivity contribution in [2.45, 2.75) is 32.1 Å². The summed E-state index contributed by atoms with van der Waals surface area (Å²) in [6.07, 6.45) is 1.05. The fourth-order valence-electron chi connectivity index (χ4n) is 3.96. The van der Waals surface area contributed by atoms with Gasteiger partial charge in [-0.2, -0.15) is 8.42 Å². The summed E-state index contributed by atoms with van der Waals surface area (Å²) in [5.74, 6) is -0.300. The number of nitro groups is 1. The minimum Gasteiger partial charge on any atom is -0.452 e. The summed E-state index contributed by atoms with van der Waals surface area (Å²) >= 11 is 0. The number of likely N-dealkylation sites (tertiary alicyclic amines) is 1. The van der Waals surface area contributed by atoms with Gasteiger partial charge in [-0.3, -0.25) is 14.9 Å². The minimum absolute atomic E-state index is 0.0881. The molecule has 0 aliphatic carbocycles. The molecule has 2 unspecified atom stereocenters. The van der Waals surface area contributed by atoms with E-state index in [1.807, 2.05) is 0 Å². The van der Waals surface area contributed by atoms with Crippen molar-refractivity contribution in [3.8, 4) is 5.75 Å². The minimum atomic E-state index is -4.35. The van der Waals surface area contributed by atoms with E-state index in [0.717, 1.165) is 12.5 Å². The molecule has 2 atom stereocenters. The number of rotatable bonds is 7. The lowest BCUT2D eigenvalue weighted by Gasteiger charge is -2.34. The molecule has 0 aromatic heterocycles. The average Bonchev–Trinajstić information content (AvgIpc) is 2.76. The number of hydrogen-bond acceptors (Lipinski definition) is 8. The normalized spacial score (nSPS) is 18.3. The molecule has 2 aromatic rings. The lowest BCUT2D eigenvalue weighted by atomic mass is 9.92. The van der Waals surface area contributed by atoms with E-state index in [0.29, 0.717) is 24.9 Å². The molecule has 0 radical (unpaired) electrons. The summed E-state index contributed by atoms with van der Waals surface area (Å²) in [6.45, 7) is 6.53. The first kappa shape index (κ1) is 25.2. The Hall–Kier alpha value is -3.47. The summed E-state index contributed by atoms with van der Waals surface area (Å²) in [7, 11) is -4.35. The maximum atomic E-state index is 12.6. The molecular weight excluding hydrogens is 464 g/mol. The second-order valence-electron chi connectivity index (χ2n) is 8.59. The number of carbonyl (C=O) groups is 2. The summed E-state index contributed by atoms with van der Waals surface area (Å²) in [5.41, 5.74) is 0.0197. The number of hydrogen-bond donors (Lipinski definition) is 0. The number of amides is 1. The van der Waals surface area contributed by atoms with Crippen molar-refractivity contribution >= 4 is 27.7 Å². The molecule has 0 spiro atoms. The van der Waals surface area contributed by atoms with Crippen LogP contribution < -0.4 is 4.18 Å². The Bertz CT molecular complexity index is 1180. The van der Waals surface area contributed by atoms with Crippen molar-refractivity contribution in [3.05, 3.63) is 63.7 Å². The van der Waals surface area contributed by atoms with Gasteiger partial charge in [0.05, 0.1) is 10.5 Å². The number of nitro benzene ring substituents is 1. The largest absolute Gasteiger partial charge is 0.452 e. The molecule has 34 heavy (non-hydrogen) atoms. The zero-order chi connectivity index (χ0) is 25.0. The van der Waals surface area contributed by atoms with E-state index in [1.54, 1.807) is 4.90 Å². The quantitative estimate of drug-likeness (QED) is 0.250. The molecule has 3 rings (SSSR count). The third-order valence-electron chi connectivity index (χ3n) is 5.50. The zero-order valence-corrected chi connectivity index (χ0v) is 19.9. The molecule has 1 aliphatic heterocycles. The van der Waals surface area contributed by atoms with Gasteiger partial charge in [-0.15, -0.1) is 0 Å². The van der Waals surface area contributed by atoms with E-state index < -0.39 is 21.0 Å². The van der Waals surface area contributed by atoms with Crippen LogP contribution in [0.2, 0.25) is 0 Å². The van der Waals surface area contributed by atoms with Crippen LogP contribution in [0.4, 0.5) is 5.69 Å². The van der Waals surface area contributed by atoms with E-state index in [9.17, 15) is 28.1 Å². The highest BCUT2D eigenvalue weighted by Gasteiger charge is 2.26. The molecule has 10 nitrogen and oxygen atoms in total. The predicted molar refractivity (Wildman–Crippen MR) is 122 cm³/mol. The van der Waals surface area contributed by atoms with E-state index in [1.165, 1.54) is 43.3 Å². The molecule has 1 heterocycles. The average molecular weight is 491 g/mol. The molecule has 1 aliphatic rings. The second kappa shape index (κ2) is 10.2. The summed E-state index contributed by atoms with van der Waals surface area (Å²) < 4.78 is 35.4. The first-order chi connectivity index (χ1) is 16.0. The molecule has 0 N–H and O–H groups in total. The van der Waals surface area contributed by atoms with Gasteiger partial charge in [-0.25, -0.2) is 4.79 Å². The van der Waals surface area contributed by atoms with Crippen LogP contribution in [0.15, 0.2) is 47.4 Å². The van der Waals surface area contributed by atoms with Gasteiger partial charge in [0.25, 0.3) is 11.6 Å². The Balaban J connectivity index is 1.62. The van der Waals surface area contributed by atoms with Gasteiger partial charge in [-0.05, 0) is 55.0 Å². The molecule has 182 valence electrons. The maximum Gasteiger partial charge on any atom is 0.339 e. The number of ether oxygens (including phenoxy) is 1. The number of nitrogens with zero attached hydrogens (tertiary/aromatic N) is 2. The van der Waals surface area contributed by atoms with Crippen LogP contribution in [-0.4, -0.2) is 49.8 Å². The Morgan fingerprint density at radius 3 is 2.29 bits per heavy atom. The lowest BCUT2D eigenvalue weighted by molar-refractivity contribution is -0.385. The highest BCUT2D eigenvalue weighted by atomic mass is 32.2. The number of piperidine rings is 1. The van der Waals surface area contributed by atoms with Crippen LogP contribution in [-0.2, 0) is 19.6 Å². The van der Waals surface area contributed by atoms with Crippen LogP contribution in [0.1, 0.15) is 36.2 Å². The monoisotopic (exact) mass is 490 g/mol. The van der Waals surface area contributed by atoms with E-state index in [-0.39, 0.29) is 40.0 Å². The summed E-state index contributed by atoms with van der Waals surface area (Å²) in [6, 6.07) is 8.59. The highest BCUT2D eigenvalue weighted by molar-refractivity contribution is 7.87. The third-order valence-corrected chi connectivity index (χ3v) is 6.89. The SMILES string of the molecule is Cc1ccc([N+](=O)[O-])cc1S(=O)(=O)Oc1ccc(C(=O)OCC(=O)N2CC(C)CC(C)C2)cc1. The van der Waals surface area contributed by atoms with Gasteiger partial charge < -0.3 is 13.8 Å². The standard InChI is InChI=1S/C23H26N2O8S/c1-15-10-16(2)13-24(12-15)22(26)14-32-23(27)18-5-8-20(9-6-18)33-34(30,31)21-11-19(25(28)29)7-4-17(21)3/h4-9,11,15-16H,10,12-14H2,1-3H3. The molecule has 2 aromatic carbocycles. The van der Waals surface area contributed by atoms with Gasteiger partial charge in [0.2, 0.25) is 0 Å². The zero-order valence-electron chi connectivity index (χ0n) is 19.1. The lowest BCUT2D eigenvalue weighted by Crippen LogP contribution is -2.44. The van der Waals surface area contributed by atoms with Gasteiger partial charge in [0.1, 0.15) is 10.6 Å². The molecule has 1 fully saturated rings. The molecule has 1 amide bonds. The van der Waals surface area contributed by atoms with Gasteiger partial charge in [0, 0.05) is 25.2 Å². The summed E-state index contributed by atoms with van der Waals surface area (Å²) in [4.78, 5) is 36.3. The van der Waals surface area contributed by atoms with E-state index in [4.69, 9.17) is 8.92 Å². The fourth-order valence-corrected chi connectivity index (χ4v) is 5.14. The second-order valence-corrected chi connectivity index (χ2v) is 10.1. The van der Waals surface area contributed by atoms with Gasteiger partial charge in [-0.1, -0.05) is 19.9 Å². The highest BCUT2D eigenvalue weighted by Crippen LogP contribution is 2.26.